The second-order valence-corrected chi connectivity index (χ2v) is 8.92. The number of likely N-dealkylation sites (N-methyl/N-ethyl adjacent to an activating group) is 1. The number of rotatable bonds is 9. The molecule has 0 unspecified atom stereocenters. The summed E-state index contributed by atoms with van der Waals surface area (Å²) in [7, 11) is 0.680. The van der Waals surface area contributed by atoms with Gasteiger partial charge in [0.25, 0.3) is 0 Å². The van der Waals surface area contributed by atoms with Gasteiger partial charge in [-0.2, -0.15) is 4.31 Å². The first-order valence-electron chi connectivity index (χ1n) is 9.63. The first-order chi connectivity index (χ1) is 14.9. The number of nitrogens with one attached hydrogen (secondary N) is 1. The summed E-state index contributed by atoms with van der Waals surface area (Å²) in [6.07, 6.45) is 3.72. The molecule has 0 atom stereocenters. The summed E-state index contributed by atoms with van der Waals surface area (Å²) in [5, 5.41) is 4.05. The number of benzene rings is 2. The van der Waals surface area contributed by atoms with Crippen LogP contribution in [0, 0.1) is 0 Å². The summed E-state index contributed by atoms with van der Waals surface area (Å²) in [5.74, 6) is 0.863. The summed E-state index contributed by atoms with van der Waals surface area (Å²) < 4.78 is 37.6. The first-order valence-corrected chi connectivity index (χ1v) is 11.1. The number of nitrogens with zero attached hydrogens (tertiary/aromatic N) is 2. The van der Waals surface area contributed by atoms with Crippen LogP contribution in [0.25, 0.3) is 10.8 Å². The number of aromatic nitrogens is 1. The lowest BCUT2D eigenvalue weighted by Gasteiger charge is -2.18. The maximum absolute atomic E-state index is 13.0. The Morgan fingerprint density at radius 1 is 1.10 bits per heavy atom. The third kappa shape index (κ3) is 5.12. The van der Waals surface area contributed by atoms with Crippen molar-refractivity contribution in [3.63, 3.8) is 0 Å². The highest BCUT2D eigenvalue weighted by atomic mass is 32.2. The van der Waals surface area contributed by atoms with E-state index in [2.05, 4.69) is 10.3 Å². The first kappa shape index (κ1) is 22.5. The molecule has 8 nitrogen and oxygen atoms in total. The highest BCUT2D eigenvalue weighted by Crippen LogP contribution is 2.27. The lowest BCUT2D eigenvalue weighted by atomic mass is 10.1. The molecule has 0 aliphatic rings. The SMILES string of the molecule is COc1ccc(CCNC(=O)CN(C)S(=O)(=O)c2cccc3cnccc23)cc1OC. The number of carbonyl (C=O) groups is 1. The Labute approximate surface area is 181 Å². The van der Waals surface area contributed by atoms with Crippen molar-refractivity contribution in [2.75, 3.05) is 34.4 Å². The number of amides is 1. The topological polar surface area (TPSA) is 97.8 Å². The Balaban J connectivity index is 1.61. The van der Waals surface area contributed by atoms with Gasteiger partial charge in [0.1, 0.15) is 0 Å². The number of ether oxygens (including phenoxy) is 2. The van der Waals surface area contributed by atoms with Crippen molar-refractivity contribution in [3.05, 3.63) is 60.4 Å². The van der Waals surface area contributed by atoms with Crippen LogP contribution < -0.4 is 14.8 Å². The van der Waals surface area contributed by atoms with E-state index < -0.39 is 10.0 Å². The standard InChI is InChI=1S/C22H25N3O5S/c1-25(31(27,28)21-6-4-5-17-14-23-11-10-18(17)21)15-22(26)24-12-9-16-7-8-19(29-2)20(13-16)30-3/h4-8,10-11,13-14H,9,12,15H2,1-3H3,(H,24,26). The minimum atomic E-state index is -3.84. The fourth-order valence-electron chi connectivity index (χ4n) is 3.21. The van der Waals surface area contributed by atoms with E-state index in [0.717, 1.165) is 15.3 Å². The van der Waals surface area contributed by atoms with E-state index in [1.165, 1.54) is 13.1 Å². The average molecular weight is 444 g/mol. The third-order valence-corrected chi connectivity index (χ3v) is 6.74. The van der Waals surface area contributed by atoms with E-state index in [1.54, 1.807) is 50.9 Å². The summed E-state index contributed by atoms with van der Waals surface area (Å²) in [4.78, 5) is 16.5. The molecule has 0 bridgehead atoms. The Morgan fingerprint density at radius 3 is 2.61 bits per heavy atom. The molecule has 0 saturated carbocycles. The van der Waals surface area contributed by atoms with Crippen LogP contribution in [-0.2, 0) is 21.2 Å². The zero-order valence-corrected chi connectivity index (χ0v) is 18.5. The van der Waals surface area contributed by atoms with Crippen molar-refractivity contribution in [1.82, 2.24) is 14.6 Å². The van der Waals surface area contributed by atoms with E-state index in [9.17, 15) is 13.2 Å². The number of hydrogen-bond donors (Lipinski definition) is 1. The van der Waals surface area contributed by atoms with Crippen molar-refractivity contribution in [2.45, 2.75) is 11.3 Å². The van der Waals surface area contributed by atoms with Gasteiger partial charge in [0.2, 0.25) is 15.9 Å². The number of methoxy groups -OCH3 is 2. The summed E-state index contributed by atoms with van der Waals surface area (Å²) in [6.45, 7) is 0.0812. The number of carbonyl (C=O) groups excluding carboxylic acids is 1. The van der Waals surface area contributed by atoms with Crippen LogP contribution in [0.1, 0.15) is 5.56 Å². The molecule has 1 amide bonds. The molecule has 164 valence electrons. The molecule has 1 aromatic heterocycles. The summed E-state index contributed by atoms with van der Waals surface area (Å²) in [5.41, 5.74) is 0.961. The fraction of sp³-hybridized carbons (Fsp3) is 0.273. The van der Waals surface area contributed by atoms with Gasteiger partial charge in [0.05, 0.1) is 25.7 Å². The normalized spacial score (nSPS) is 11.5. The van der Waals surface area contributed by atoms with E-state index in [4.69, 9.17) is 9.47 Å². The van der Waals surface area contributed by atoms with E-state index in [0.29, 0.717) is 29.9 Å². The smallest absolute Gasteiger partial charge is 0.243 e. The van der Waals surface area contributed by atoms with Crippen LogP contribution in [0.5, 0.6) is 11.5 Å². The van der Waals surface area contributed by atoms with Crippen molar-refractivity contribution in [1.29, 1.82) is 0 Å². The molecule has 1 heterocycles. The van der Waals surface area contributed by atoms with E-state index in [-0.39, 0.29) is 17.3 Å². The van der Waals surface area contributed by atoms with Crippen LogP contribution in [0.15, 0.2) is 59.8 Å². The van der Waals surface area contributed by atoms with Crippen molar-refractivity contribution < 1.29 is 22.7 Å². The van der Waals surface area contributed by atoms with Crippen molar-refractivity contribution in [3.8, 4) is 11.5 Å². The van der Waals surface area contributed by atoms with Gasteiger partial charge >= 0.3 is 0 Å². The molecular weight excluding hydrogens is 418 g/mol. The predicted molar refractivity (Wildman–Crippen MR) is 118 cm³/mol. The van der Waals surface area contributed by atoms with Crippen LogP contribution >= 0.6 is 0 Å². The monoisotopic (exact) mass is 443 g/mol. The van der Waals surface area contributed by atoms with Crippen LogP contribution in [0.4, 0.5) is 0 Å². The van der Waals surface area contributed by atoms with Gasteiger partial charge in [-0.15, -0.1) is 0 Å². The number of sulfonamides is 1. The molecule has 0 spiro atoms. The Hall–Kier alpha value is -3.17. The van der Waals surface area contributed by atoms with Gasteiger partial charge in [-0.25, -0.2) is 8.42 Å². The fourth-order valence-corrected chi connectivity index (χ4v) is 4.55. The molecule has 9 heteroatoms. The van der Waals surface area contributed by atoms with Gasteiger partial charge in [-0.3, -0.25) is 9.78 Å². The molecular formula is C22H25N3O5S. The number of pyridine rings is 1. The molecule has 31 heavy (non-hydrogen) atoms. The minimum absolute atomic E-state index is 0.146. The largest absolute Gasteiger partial charge is 0.493 e. The summed E-state index contributed by atoms with van der Waals surface area (Å²) in [6, 6.07) is 12.2. The molecule has 2 aromatic carbocycles. The van der Waals surface area contributed by atoms with Gasteiger partial charge in [-0.1, -0.05) is 18.2 Å². The maximum atomic E-state index is 13.0. The highest BCUT2D eigenvalue weighted by molar-refractivity contribution is 7.89. The third-order valence-electron chi connectivity index (χ3n) is 4.88. The van der Waals surface area contributed by atoms with E-state index >= 15 is 0 Å². The molecule has 0 fully saturated rings. The highest BCUT2D eigenvalue weighted by Gasteiger charge is 2.24. The van der Waals surface area contributed by atoms with E-state index in [1.807, 2.05) is 12.1 Å². The summed E-state index contributed by atoms with van der Waals surface area (Å²) >= 11 is 0. The Bertz CT molecular complexity index is 1180. The Kier molecular flexibility index (Phi) is 7.09. The zero-order chi connectivity index (χ0) is 22.4. The van der Waals surface area contributed by atoms with Crippen LogP contribution in [0.3, 0.4) is 0 Å². The predicted octanol–water partition coefficient (Wildman–Crippen LogP) is 2.23. The lowest BCUT2D eigenvalue weighted by molar-refractivity contribution is -0.121. The molecule has 0 aliphatic heterocycles. The maximum Gasteiger partial charge on any atom is 0.243 e. The van der Waals surface area contributed by atoms with Gasteiger partial charge in [0.15, 0.2) is 11.5 Å². The second-order valence-electron chi connectivity index (χ2n) is 6.90. The van der Waals surface area contributed by atoms with Crippen LogP contribution in [0.2, 0.25) is 0 Å². The molecule has 3 aromatic rings. The average Bonchev–Trinajstić information content (AvgIpc) is 2.78. The van der Waals surface area contributed by atoms with Crippen molar-refractivity contribution >= 4 is 26.7 Å². The van der Waals surface area contributed by atoms with Gasteiger partial charge in [0, 0.05) is 36.8 Å². The van der Waals surface area contributed by atoms with Crippen LogP contribution in [-0.4, -0.2) is 58.0 Å². The Morgan fingerprint density at radius 2 is 1.87 bits per heavy atom. The number of fused-ring (bicyclic) bond motifs is 1. The lowest BCUT2D eigenvalue weighted by Crippen LogP contribution is -2.39. The second kappa shape index (κ2) is 9.76. The minimum Gasteiger partial charge on any atom is -0.493 e. The van der Waals surface area contributed by atoms with Gasteiger partial charge < -0.3 is 14.8 Å². The quantitative estimate of drug-likeness (QED) is 0.545. The van der Waals surface area contributed by atoms with Gasteiger partial charge in [-0.05, 0) is 36.2 Å². The zero-order valence-electron chi connectivity index (χ0n) is 17.7. The molecule has 0 aliphatic carbocycles. The van der Waals surface area contributed by atoms with Crippen molar-refractivity contribution in [2.24, 2.45) is 0 Å². The molecule has 3 rings (SSSR count). The molecule has 1 N–H and O–H groups in total. The molecule has 0 radical (unpaired) electrons. The number of hydrogen-bond acceptors (Lipinski definition) is 6. The molecule has 0 saturated heterocycles.